The molecule has 0 spiro atoms. The van der Waals surface area contributed by atoms with E-state index in [1.54, 1.807) is 17.7 Å². The van der Waals surface area contributed by atoms with Crippen LogP contribution in [0.5, 0.6) is 0 Å². The number of rotatable bonds is 5. The maximum atomic E-state index is 13.5. The fourth-order valence-electron chi connectivity index (χ4n) is 2.20. The predicted molar refractivity (Wildman–Crippen MR) is 77.3 cm³/mol. The number of benzene rings is 1. The minimum Gasteiger partial charge on any atom is -0.394 e. The van der Waals surface area contributed by atoms with Crippen LogP contribution in [0.3, 0.4) is 0 Å². The first-order chi connectivity index (χ1) is 9.52. The Morgan fingerprint density at radius 3 is 2.70 bits per heavy atom. The van der Waals surface area contributed by atoms with Crippen molar-refractivity contribution >= 4 is 5.69 Å². The van der Waals surface area contributed by atoms with Crippen LogP contribution in [0.15, 0.2) is 18.2 Å². The lowest BCUT2D eigenvalue weighted by Gasteiger charge is -2.08. The molecule has 108 valence electrons. The molecule has 1 aromatic heterocycles. The van der Waals surface area contributed by atoms with E-state index < -0.39 is 0 Å². The Kier molecular flexibility index (Phi) is 4.39. The van der Waals surface area contributed by atoms with Crippen LogP contribution in [-0.2, 0) is 13.1 Å². The van der Waals surface area contributed by atoms with Gasteiger partial charge in [-0.15, -0.1) is 0 Å². The molecule has 0 saturated heterocycles. The van der Waals surface area contributed by atoms with E-state index >= 15 is 0 Å². The third-order valence-electron chi connectivity index (χ3n) is 3.48. The molecule has 0 fully saturated rings. The third-order valence-corrected chi connectivity index (χ3v) is 3.48. The van der Waals surface area contributed by atoms with Crippen molar-refractivity contribution in [1.29, 1.82) is 0 Å². The zero-order chi connectivity index (χ0) is 14.7. The molecule has 2 N–H and O–H groups in total. The Balaban J connectivity index is 2.12. The highest BCUT2D eigenvalue weighted by Gasteiger charge is 2.11. The average Bonchev–Trinajstić information content (AvgIpc) is 2.67. The first kappa shape index (κ1) is 14.5. The minimum atomic E-state index is -0.209. The van der Waals surface area contributed by atoms with Gasteiger partial charge in [0.1, 0.15) is 5.82 Å². The number of hydrogen-bond donors (Lipinski definition) is 2. The number of aliphatic hydroxyl groups excluding tert-OH is 1. The molecule has 0 aliphatic rings. The molecular formula is C15H20FN3O. The number of nitrogens with one attached hydrogen (secondary N) is 1. The highest BCUT2D eigenvalue weighted by Crippen LogP contribution is 2.17. The summed E-state index contributed by atoms with van der Waals surface area (Å²) in [5.41, 5.74) is 4.42. The molecule has 0 radical (unpaired) electrons. The molecule has 2 rings (SSSR count). The van der Waals surface area contributed by atoms with Crippen molar-refractivity contribution in [3.63, 3.8) is 0 Å². The molecule has 0 bridgehead atoms. The van der Waals surface area contributed by atoms with Crippen LogP contribution in [0.2, 0.25) is 0 Å². The van der Waals surface area contributed by atoms with Gasteiger partial charge in [0.05, 0.1) is 18.8 Å². The zero-order valence-corrected chi connectivity index (χ0v) is 12.1. The monoisotopic (exact) mass is 277 g/mol. The normalized spacial score (nSPS) is 10.8. The first-order valence-corrected chi connectivity index (χ1v) is 6.66. The van der Waals surface area contributed by atoms with E-state index in [1.165, 1.54) is 6.07 Å². The summed E-state index contributed by atoms with van der Waals surface area (Å²) in [5.74, 6) is -0.209. The Hall–Kier alpha value is -1.88. The van der Waals surface area contributed by atoms with Gasteiger partial charge in [0.25, 0.3) is 0 Å². The van der Waals surface area contributed by atoms with Gasteiger partial charge in [-0.1, -0.05) is 6.07 Å². The number of aliphatic hydroxyl groups is 1. The largest absolute Gasteiger partial charge is 0.394 e. The van der Waals surface area contributed by atoms with Gasteiger partial charge in [0.15, 0.2) is 0 Å². The lowest BCUT2D eigenvalue weighted by Crippen LogP contribution is -2.07. The van der Waals surface area contributed by atoms with E-state index in [4.69, 9.17) is 5.11 Å². The smallest absolute Gasteiger partial charge is 0.128 e. The fraction of sp³-hybridized carbons (Fsp3) is 0.400. The molecule has 0 saturated carbocycles. The predicted octanol–water partition coefficient (Wildman–Crippen LogP) is 2.55. The summed E-state index contributed by atoms with van der Waals surface area (Å²) in [5, 5.41) is 16.6. The van der Waals surface area contributed by atoms with Crippen LogP contribution in [0.4, 0.5) is 10.1 Å². The summed E-state index contributed by atoms with van der Waals surface area (Å²) in [6.07, 6.45) is 0. The average molecular weight is 277 g/mol. The summed E-state index contributed by atoms with van der Waals surface area (Å²) in [6.45, 7) is 6.80. The van der Waals surface area contributed by atoms with Gasteiger partial charge >= 0.3 is 0 Å². The molecule has 0 unspecified atom stereocenters. The second-order valence-electron chi connectivity index (χ2n) is 4.91. The molecule has 1 aromatic carbocycles. The maximum absolute atomic E-state index is 13.5. The van der Waals surface area contributed by atoms with E-state index in [0.29, 0.717) is 18.7 Å². The van der Waals surface area contributed by atoms with Crippen molar-refractivity contribution in [3.8, 4) is 0 Å². The summed E-state index contributed by atoms with van der Waals surface area (Å²) in [6, 6.07) is 5.12. The Morgan fingerprint density at radius 2 is 2.05 bits per heavy atom. The molecule has 0 aliphatic carbocycles. The Labute approximate surface area is 118 Å². The van der Waals surface area contributed by atoms with Crippen LogP contribution in [-0.4, -0.2) is 21.5 Å². The van der Waals surface area contributed by atoms with Gasteiger partial charge in [-0.05, 0) is 38.5 Å². The number of hydrogen-bond acceptors (Lipinski definition) is 3. The Bertz CT molecular complexity index is 607. The summed E-state index contributed by atoms with van der Waals surface area (Å²) < 4.78 is 15.3. The van der Waals surface area contributed by atoms with Crippen LogP contribution in [0, 0.1) is 26.6 Å². The molecule has 0 aliphatic heterocycles. The van der Waals surface area contributed by atoms with E-state index in [-0.39, 0.29) is 12.4 Å². The molecular weight excluding hydrogens is 257 g/mol. The van der Waals surface area contributed by atoms with E-state index in [9.17, 15) is 4.39 Å². The molecule has 1 heterocycles. The van der Waals surface area contributed by atoms with Crippen molar-refractivity contribution in [3.05, 3.63) is 46.5 Å². The van der Waals surface area contributed by atoms with Crippen molar-refractivity contribution in [2.24, 2.45) is 0 Å². The fourth-order valence-corrected chi connectivity index (χ4v) is 2.20. The van der Waals surface area contributed by atoms with Gasteiger partial charge in [0.2, 0.25) is 0 Å². The van der Waals surface area contributed by atoms with Crippen LogP contribution in [0.1, 0.15) is 22.5 Å². The van der Waals surface area contributed by atoms with Gasteiger partial charge in [0, 0.05) is 23.5 Å². The third kappa shape index (κ3) is 2.99. The number of aromatic nitrogens is 2. The topological polar surface area (TPSA) is 50.1 Å². The summed E-state index contributed by atoms with van der Waals surface area (Å²) in [7, 11) is 0. The van der Waals surface area contributed by atoms with E-state index in [2.05, 4.69) is 10.4 Å². The van der Waals surface area contributed by atoms with Gasteiger partial charge in [-0.2, -0.15) is 5.10 Å². The van der Waals surface area contributed by atoms with E-state index in [0.717, 1.165) is 22.6 Å². The Morgan fingerprint density at radius 1 is 1.30 bits per heavy atom. The molecule has 4 nitrogen and oxygen atoms in total. The summed E-state index contributed by atoms with van der Waals surface area (Å²) >= 11 is 0. The zero-order valence-electron chi connectivity index (χ0n) is 12.1. The van der Waals surface area contributed by atoms with Gasteiger partial charge in [-0.25, -0.2) is 4.39 Å². The van der Waals surface area contributed by atoms with Gasteiger partial charge < -0.3 is 10.4 Å². The summed E-state index contributed by atoms with van der Waals surface area (Å²) in [4.78, 5) is 0. The number of aryl methyl sites for hydroxylation is 2. The highest BCUT2D eigenvalue weighted by molar-refractivity contribution is 5.46. The van der Waals surface area contributed by atoms with E-state index in [1.807, 2.05) is 19.9 Å². The van der Waals surface area contributed by atoms with Gasteiger partial charge in [-0.3, -0.25) is 4.68 Å². The first-order valence-electron chi connectivity index (χ1n) is 6.66. The lowest BCUT2D eigenvalue weighted by molar-refractivity contribution is 0.268. The van der Waals surface area contributed by atoms with Crippen molar-refractivity contribution in [1.82, 2.24) is 9.78 Å². The van der Waals surface area contributed by atoms with Crippen molar-refractivity contribution in [2.75, 3.05) is 11.9 Å². The maximum Gasteiger partial charge on any atom is 0.128 e. The molecule has 0 atom stereocenters. The molecule has 2 aromatic rings. The quantitative estimate of drug-likeness (QED) is 0.883. The van der Waals surface area contributed by atoms with Crippen molar-refractivity contribution in [2.45, 2.75) is 33.9 Å². The number of anilines is 1. The number of halogens is 1. The second-order valence-corrected chi connectivity index (χ2v) is 4.91. The van der Waals surface area contributed by atoms with Crippen LogP contribution < -0.4 is 5.32 Å². The molecule has 20 heavy (non-hydrogen) atoms. The second kappa shape index (κ2) is 6.05. The molecule has 5 heteroatoms. The highest BCUT2D eigenvalue weighted by atomic mass is 19.1. The van der Waals surface area contributed by atoms with Crippen LogP contribution in [0.25, 0.3) is 0 Å². The standard InChI is InChI=1S/C15H20FN3O/c1-10-4-5-13(8-15(10)16)17-9-14-11(2)18-19(6-7-20)12(14)3/h4-5,8,17,20H,6-7,9H2,1-3H3. The number of nitrogens with zero attached hydrogens (tertiary/aromatic N) is 2. The van der Waals surface area contributed by atoms with Crippen molar-refractivity contribution < 1.29 is 9.50 Å². The molecule has 0 amide bonds. The van der Waals surface area contributed by atoms with Crippen LogP contribution >= 0.6 is 0 Å². The lowest BCUT2D eigenvalue weighted by atomic mass is 10.1. The minimum absolute atomic E-state index is 0.0675. The SMILES string of the molecule is Cc1ccc(NCc2c(C)nn(CCO)c2C)cc1F.